The Balaban J connectivity index is 3.27. The minimum Gasteiger partial charge on any atom is -0.444 e. The molecule has 0 aliphatic rings. The summed E-state index contributed by atoms with van der Waals surface area (Å²) in [6.07, 6.45) is -0.0596. The van der Waals surface area contributed by atoms with E-state index in [0.29, 0.717) is 18.5 Å². The molecule has 1 rings (SSSR count). The van der Waals surface area contributed by atoms with Crippen LogP contribution in [0.1, 0.15) is 66.5 Å². The second-order valence-corrected chi connectivity index (χ2v) is 9.83. The van der Waals surface area contributed by atoms with E-state index in [1.54, 1.807) is 20.8 Å². The lowest BCUT2D eigenvalue weighted by atomic mass is 10.0. The van der Waals surface area contributed by atoms with Crippen LogP contribution < -0.4 is 10.6 Å². The standard InChI is InChI=1S/C23H37N3O4S/c1-8-14-26(20(28)17(15-31)24-21(29)30-23(5,6)7)18(16-12-10-9-11-13-16)19(27)25-22(2,3)4/h9-13,17-18,31H,8,14-15H2,1-7H3,(H,24,29)(H,25,27). The molecule has 0 spiro atoms. The summed E-state index contributed by atoms with van der Waals surface area (Å²) in [6, 6.07) is 7.38. The second-order valence-electron chi connectivity index (χ2n) is 9.47. The smallest absolute Gasteiger partial charge is 0.408 e. The van der Waals surface area contributed by atoms with E-state index in [2.05, 4.69) is 23.3 Å². The van der Waals surface area contributed by atoms with Crippen LogP contribution in [-0.4, -0.2) is 52.3 Å². The minimum absolute atomic E-state index is 0.0701. The van der Waals surface area contributed by atoms with E-state index in [1.165, 1.54) is 4.90 Å². The number of amides is 3. The highest BCUT2D eigenvalue weighted by Crippen LogP contribution is 2.24. The number of hydrogen-bond donors (Lipinski definition) is 3. The fourth-order valence-corrected chi connectivity index (χ4v) is 3.24. The van der Waals surface area contributed by atoms with Crippen LogP contribution >= 0.6 is 12.6 Å². The summed E-state index contributed by atoms with van der Waals surface area (Å²) < 4.78 is 5.28. The quantitative estimate of drug-likeness (QED) is 0.526. The molecule has 2 atom stereocenters. The first-order chi connectivity index (χ1) is 14.3. The van der Waals surface area contributed by atoms with Crippen LogP contribution in [0, 0.1) is 0 Å². The zero-order valence-electron chi connectivity index (χ0n) is 19.7. The molecule has 0 aromatic heterocycles. The highest BCUT2D eigenvalue weighted by Gasteiger charge is 2.36. The van der Waals surface area contributed by atoms with Crippen LogP contribution in [-0.2, 0) is 14.3 Å². The van der Waals surface area contributed by atoms with Crippen molar-refractivity contribution in [2.75, 3.05) is 12.3 Å². The summed E-state index contributed by atoms with van der Waals surface area (Å²) >= 11 is 4.26. The van der Waals surface area contributed by atoms with Crippen molar-refractivity contribution in [1.29, 1.82) is 0 Å². The van der Waals surface area contributed by atoms with Gasteiger partial charge >= 0.3 is 6.09 Å². The maximum Gasteiger partial charge on any atom is 0.408 e. The normalized spacial score (nSPS) is 13.7. The topological polar surface area (TPSA) is 87.7 Å². The largest absolute Gasteiger partial charge is 0.444 e. The lowest BCUT2D eigenvalue weighted by Gasteiger charge is -2.35. The third-order valence-corrected chi connectivity index (χ3v) is 4.46. The zero-order valence-corrected chi connectivity index (χ0v) is 20.6. The third-order valence-electron chi connectivity index (χ3n) is 4.09. The molecule has 1 aromatic rings. The van der Waals surface area contributed by atoms with Gasteiger partial charge in [-0.3, -0.25) is 9.59 Å². The maximum absolute atomic E-state index is 13.5. The van der Waals surface area contributed by atoms with Crippen LogP contribution in [0.15, 0.2) is 30.3 Å². The molecule has 8 heteroatoms. The predicted molar refractivity (Wildman–Crippen MR) is 126 cm³/mol. The summed E-state index contributed by atoms with van der Waals surface area (Å²) in [6.45, 7) is 13.2. The van der Waals surface area contributed by atoms with Gasteiger partial charge in [-0.25, -0.2) is 4.79 Å². The van der Waals surface area contributed by atoms with Gasteiger partial charge in [0.15, 0.2) is 0 Å². The molecule has 7 nitrogen and oxygen atoms in total. The van der Waals surface area contributed by atoms with Gasteiger partial charge in [0.1, 0.15) is 17.7 Å². The number of hydrogen-bond acceptors (Lipinski definition) is 5. The molecule has 0 bridgehead atoms. The average molecular weight is 452 g/mol. The van der Waals surface area contributed by atoms with Crippen molar-refractivity contribution in [3.8, 4) is 0 Å². The summed E-state index contributed by atoms with van der Waals surface area (Å²) in [5.41, 5.74) is -0.472. The van der Waals surface area contributed by atoms with Gasteiger partial charge in [-0.05, 0) is 53.5 Å². The fourth-order valence-electron chi connectivity index (χ4n) is 2.99. The number of carbonyl (C=O) groups is 3. The highest BCUT2D eigenvalue weighted by molar-refractivity contribution is 7.80. The number of ether oxygens (including phenoxy) is 1. The van der Waals surface area contributed by atoms with Crippen molar-refractivity contribution in [2.24, 2.45) is 0 Å². The third kappa shape index (κ3) is 9.21. The maximum atomic E-state index is 13.5. The Labute approximate surface area is 191 Å². The van der Waals surface area contributed by atoms with Gasteiger partial charge in [0.25, 0.3) is 0 Å². The van der Waals surface area contributed by atoms with Crippen molar-refractivity contribution < 1.29 is 19.1 Å². The molecular weight excluding hydrogens is 414 g/mol. The number of nitrogens with zero attached hydrogens (tertiary/aromatic N) is 1. The van der Waals surface area contributed by atoms with Crippen molar-refractivity contribution in [1.82, 2.24) is 15.5 Å². The fraction of sp³-hybridized carbons (Fsp3) is 0.609. The lowest BCUT2D eigenvalue weighted by molar-refractivity contribution is -0.142. The van der Waals surface area contributed by atoms with Crippen LogP contribution in [0.4, 0.5) is 4.79 Å². The Hall–Kier alpha value is -2.22. The Morgan fingerprint density at radius 1 is 1.06 bits per heavy atom. The van der Waals surface area contributed by atoms with E-state index in [9.17, 15) is 14.4 Å². The van der Waals surface area contributed by atoms with Crippen molar-refractivity contribution in [2.45, 2.75) is 78.1 Å². The molecule has 0 saturated carbocycles. The Morgan fingerprint density at radius 3 is 2.10 bits per heavy atom. The molecular formula is C23H37N3O4S. The molecule has 0 saturated heterocycles. The van der Waals surface area contributed by atoms with E-state index in [0.717, 1.165) is 0 Å². The van der Waals surface area contributed by atoms with Crippen molar-refractivity contribution in [3.05, 3.63) is 35.9 Å². The van der Waals surface area contributed by atoms with Crippen molar-refractivity contribution in [3.63, 3.8) is 0 Å². The first kappa shape index (κ1) is 26.8. The van der Waals surface area contributed by atoms with Gasteiger partial charge in [-0.2, -0.15) is 12.6 Å². The summed E-state index contributed by atoms with van der Waals surface area (Å²) in [4.78, 5) is 40.5. The van der Waals surface area contributed by atoms with Gasteiger partial charge in [0.05, 0.1) is 0 Å². The molecule has 2 unspecified atom stereocenters. The average Bonchev–Trinajstić information content (AvgIpc) is 2.63. The zero-order chi connectivity index (χ0) is 23.8. The minimum atomic E-state index is -0.932. The number of carbonyl (C=O) groups excluding carboxylic acids is 3. The van der Waals surface area contributed by atoms with E-state index < -0.39 is 29.3 Å². The summed E-state index contributed by atoms with van der Waals surface area (Å²) in [5, 5.41) is 5.57. The SMILES string of the molecule is CCCN(C(=O)C(CS)NC(=O)OC(C)(C)C)C(C(=O)NC(C)(C)C)c1ccccc1. The first-order valence-electron chi connectivity index (χ1n) is 10.6. The summed E-state index contributed by atoms with van der Waals surface area (Å²) in [5.74, 6) is -0.600. The highest BCUT2D eigenvalue weighted by atomic mass is 32.1. The molecule has 0 radical (unpaired) electrons. The lowest BCUT2D eigenvalue weighted by Crippen LogP contribution is -2.55. The van der Waals surface area contributed by atoms with E-state index >= 15 is 0 Å². The molecule has 174 valence electrons. The second kappa shape index (κ2) is 11.4. The number of alkyl carbamates (subject to hydrolysis) is 1. The molecule has 0 aliphatic carbocycles. The Bertz CT molecular complexity index is 741. The molecule has 1 aromatic carbocycles. The van der Waals surface area contributed by atoms with E-state index in [1.807, 2.05) is 58.0 Å². The molecule has 0 aliphatic heterocycles. The van der Waals surface area contributed by atoms with Crippen molar-refractivity contribution >= 4 is 30.5 Å². The Morgan fingerprint density at radius 2 is 1.65 bits per heavy atom. The van der Waals surface area contributed by atoms with Crippen LogP contribution in [0.2, 0.25) is 0 Å². The van der Waals surface area contributed by atoms with E-state index in [-0.39, 0.29) is 17.6 Å². The number of nitrogens with one attached hydrogen (secondary N) is 2. The first-order valence-corrected chi connectivity index (χ1v) is 11.2. The monoisotopic (exact) mass is 451 g/mol. The van der Waals surface area contributed by atoms with Crippen LogP contribution in [0.25, 0.3) is 0 Å². The van der Waals surface area contributed by atoms with Gasteiger partial charge < -0.3 is 20.3 Å². The summed E-state index contributed by atoms with van der Waals surface area (Å²) in [7, 11) is 0. The van der Waals surface area contributed by atoms with E-state index in [4.69, 9.17) is 4.74 Å². The molecule has 2 N–H and O–H groups in total. The van der Waals surface area contributed by atoms with Crippen LogP contribution in [0.5, 0.6) is 0 Å². The number of thiol groups is 1. The molecule has 3 amide bonds. The van der Waals surface area contributed by atoms with Crippen LogP contribution in [0.3, 0.4) is 0 Å². The predicted octanol–water partition coefficient (Wildman–Crippen LogP) is 3.70. The van der Waals surface area contributed by atoms with Gasteiger partial charge in [-0.1, -0.05) is 37.3 Å². The number of benzene rings is 1. The Kier molecular flexibility index (Phi) is 9.87. The van der Waals surface area contributed by atoms with Gasteiger partial charge in [0, 0.05) is 17.8 Å². The van der Waals surface area contributed by atoms with Gasteiger partial charge in [0.2, 0.25) is 11.8 Å². The molecule has 0 heterocycles. The van der Waals surface area contributed by atoms with Gasteiger partial charge in [-0.15, -0.1) is 0 Å². The molecule has 0 fully saturated rings. The molecule has 31 heavy (non-hydrogen) atoms. The number of rotatable bonds is 8.